The molecule has 4 heteroatoms. The van der Waals surface area contributed by atoms with Crippen LogP contribution >= 0.6 is 0 Å². The van der Waals surface area contributed by atoms with Gasteiger partial charge in [-0.2, -0.15) is 0 Å². The number of hydrogen-bond acceptors (Lipinski definition) is 4. The molecule has 0 radical (unpaired) electrons. The van der Waals surface area contributed by atoms with Gasteiger partial charge in [0.15, 0.2) is 0 Å². The SMILES string of the molecule is COCCOc1c(-c2cc(C)cc(-c3c(C(C)C)cc(C(C)C)cc3C(C)C)c2O)cc(Cc2ccccc2)cc1-c1cc(C)cc(-c2c(C(C)C)cc(C(C)C)cc2C(C)C)c1O. The van der Waals surface area contributed by atoms with Gasteiger partial charge in [0, 0.05) is 40.5 Å². The Balaban J connectivity index is 1.74. The number of rotatable bonds is 16. The summed E-state index contributed by atoms with van der Waals surface area (Å²) in [4.78, 5) is 0. The van der Waals surface area contributed by atoms with E-state index in [0.29, 0.717) is 41.7 Å². The van der Waals surface area contributed by atoms with Crippen LogP contribution in [0.1, 0.15) is 174 Å². The highest BCUT2D eigenvalue weighted by atomic mass is 16.5. The molecule has 64 heavy (non-hydrogen) atoms. The van der Waals surface area contributed by atoms with Crippen LogP contribution in [-0.4, -0.2) is 30.5 Å². The summed E-state index contributed by atoms with van der Waals surface area (Å²) in [6.45, 7) is 31.9. The van der Waals surface area contributed by atoms with Crippen LogP contribution in [0.3, 0.4) is 0 Å². The number of hydrogen-bond donors (Lipinski definition) is 2. The first-order chi connectivity index (χ1) is 30.3. The third-order valence-electron chi connectivity index (χ3n) is 12.8. The molecule has 0 atom stereocenters. The highest BCUT2D eigenvalue weighted by Crippen LogP contribution is 2.53. The first kappa shape index (κ1) is 48.1. The van der Waals surface area contributed by atoms with Crippen molar-refractivity contribution in [2.24, 2.45) is 0 Å². The van der Waals surface area contributed by atoms with Crippen molar-refractivity contribution in [1.82, 2.24) is 0 Å². The minimum Gasteiger partial charge on any atom is -0.507 e. The van der Waals surface area contributed by atoms with E-state index in [-0.39, 0.29) is 41.8 Å². The second-order valence-corrected chi connectivity index (χ2v) is 20.0. The van der Waals surface area contributed by atoms with Gasteiger partial charge < -0.3 is 19.7 Å². The normalized spacial score (nSPS) is 12.0. The lowest BCUT2D eigenvalue weighted by Crippen LogP contribution is -2.08. The van der Waals surface area contributed by atoms with Crippen molar-refractivity contribution in [1.29, 1.82) is 0 Å². The van der Waals surface area contributed by atoms with E-state index in [9.17, 15) is 10.2 Å². The maximum atomic E-state index is 12.9. The van der Waals surface area contributed by atoms with E-state index >= 15 is 0 Å². The highest BCUT2D eigenvalue weighted by molar-refractivity contribution is 5.94. The van der Waals surface area contributed by atoms with Crippen LogP contribution in [0, 0.1) is 13.8 Å². The van der Waals surface area contributed by atoms with Gasteiger partial charge >= 0.3 is 0 Å². The molecule has 0 amide bonds. The summed E-state index contributed by atoms with van der Waals surface area (Å²) >= 11 is 0. The highest BCUT2D eigenvalue weighted by Gasteiger charge is 2.28. The Hall–Kier alpha value is -5.32. The molecule has 0 heterocycles. The molecule has 6 aromatic carbocycles. The van der Waals surface area contributed by atoms with E-state index in [2.05, 4.69) is 182 Å². The minimum absolute atomic E-state index is 0.216. The van der Waals surface area contributed by atoms with E-state index in [1.165, 1.54) is 33.4 Å². The van der Waals surface area contributed by atoms with Crippen molar-refractivity contribution in [3.05, 3.63) is 147 Å². The molecule has 2 N–H and O–H groups in total. The van der Waals surface area contributed by atoms with Gasteiger partial charge in [-0.3, -0.25) is 0 Å². The molecule has 338 valence electrons. The van der Waals surface area contributed by atoms with Crippen molar-refractivity contribution >= 4 is 0 Å². The lowest BCUT2D eigenvalue weighted by Gasteiger charge is -2.26. The average Bonchev–Trinajstić information content (AvgIpc) is 3.24. The number of phenols is 2. The first-order valence-corrected chi connectivity index (χ1v) is 23.7. The summed E-state index contributed by atoms with van der Waals surface area (Å²) in [6.07, 6.45) is 0.648. The summed E-state index contributed by atoms with van der Waals surface area (Å²) < 4.78 is 12.5. The maximum absolute atomic E-state index is 12.9. The van der Waals surface area contributed by atoms with Crippen molar-refractivity contribution in [2.75, 3.05) is 20.3 Å². The topological polar surface area (TPSA) is 58.9 Å². The number of phenolic OH excluding ortho intramolecular Hbond substituents is 2. The molecule has 0 aromatic heterocycles. The summed E-state index contributed by atoms with van der Waals surface area (Å²) in [5.41, 5.74) is 18.6. The molecule has 4 nitrogen and oxygen atoms in total. The third kappa shape index (κ3) is 10.1. The Labute approximate surface area is 385 Å². The molecule has 0 aliphatic carbocycles. The molecule has 0 unspecified atom stereocenters. The molecular weight excluding hydrogens is 785 g/mol. The molecule has 0 aliphatic heterocycles. The van der Waals surface area contributed by atoms with Crippen molar-refractivity contribution in [3.63, 3.8) is 0 Å². The van der Waals surface area contributed by atoms with Crippen LogP contribution in [-0.2, 0) is 11.2 Å². The van der Waals surface area contributed by atoms with Gasteiger partial charge in [0.1, 0.15) is 23.9 Å². The zero-order chi connectivity index (χ0) is 46.7. The smallest absolute Gasteiger partial charge is 0.135 e. The Morgan fingerprint density at radius 2 is 0.797 bits per heavy atom. The van der Waals surface area contributed by atoms with Crippen LogP contribution in [0.5, 0.6) is 17.2 Å². The zero-order valence-electron chi connectivity index (χ0n) is 41.5. The predicted molar refractivity (Wildman–Crippen MR) is 272 cm³/mol. The second-order valence-electron chi connectivity index (χ2n) is 20.0. The number of benzene rings is 6. The number of aromatic hydroxyl groups is 2. The van der Waals surface area contributed by atoms with Crippen molar-refractivity contribution in [3.8, 4) is 61.8 Å². The van der Waals surface area contributed by atoms with Gasteiger partial charge in [0.25, 0.3) is 0 Å². The van der Waals surface area contributed by atoms with Crippen LogP contribution < -0.4 is 4.74 Å². The minimum atomic E-state index is 0.216. The molecule has 0 saturated heterocycles. The number of aryl methyl sites for hydroxylation is 2. The van der Waals surface area contributed by atoms with Crippen LogP contribution in [0.15, 0.2) is 91.0 Å². The van der Waals surface area contributed by atoms with Crippen LogP contribution in [0.25, 0.3) is 44.5 Å². The summed E-state index contributed by atoms with van der Waals surface area (Å²) in [6, 6.07) is 32.7. The van der Waals surface area contributed by atoms with Gasteiger partial charge in [-0.05, 0) is 159 Å². The molecule has 0 bridgehead atoms. The van der Waals surface area contributed by atoms with Gasteiger partial charge in [0.2, 0.25) is 0 Å². The molecule has 0 saturated carbocycles. The van der Waals surface area contributed by atoms with Crippen LogP contribution in [0.2, 0.25) is 0 Å². The monoisotopic (exact) mass is 859 g/mol. The van der Waals surface area contributed by atoms with E-state index in [1.54, 1.807) is 7.11 Å². The summed E-state index contributed by atoms with van der Waals surface area (Å²) in [7, 11) is 1.68. The van der Waals surface area contributed by atoms with E-state index in [0.717, 1.165) is 55.6 Å². The van der Waals surface area contributed by atoms with Gasteiger partial charge in [-0.1, -0.05) is 138 Å². The summed E-state index contributed by atoms with van der Waals surface area (Å²) in [5, 5.41) is 25.9. The Morgan fingerprint density at radius 3 is 1.14 bits per heavy atom. The first-order valence-electron chi connectivity index (χ1n) is 23.7. The molecule has 6 aromatic rings. The molecule has 0 fully saturated rings. The third-order valence-corrected chi connectivity index (χ3v) is 12.8. The lowest BCUT2D eigenvalue weighted by atomic mass is 9.80. The lowest BCUT2D eigenvalue weighted by molar-refractivity contribution is 0.147. The van der Waals surface area contributed by atoms with Gasteiger partial charge in [0.05, 0.1) is 6.61 Å². The van der Waals surface area contributed by atoms with Crippen molar-refractivity contribution < 1.29 is 19.7 Å². The largest absolute Gasteiger partial charge is 0.507 e. The predicted octanol–water partition coefficient (Wildman–Crippen LogP) is 16.7. The quantitative estimate of drug-likeness (QED) is 0.0952. The standard InChI is InChI=1S/C60H74O4/c1-34(2)44-30-46(36(5)6)56(47(31-44)37(7)8)54-25-40(13)23-50(58(54)61)52-28-43(27-42-19-17-16-18-20-42)29-53(60(52)64-22-21-63-15)51-24-41(14)26-55(59(51)62)57-48(38(9)10)32-45(35(3)4)33-49(57)39(11)12/h16-20,23-26,28-39,61-62H,21-22,27H2,1-15H3. The van der Waals surface area contributed by atoms with E-state index in [4.69, 9.17) is 9.47 Å². The van der Waals surface area contributed by atoms with Gasteiger partial charge in [-0.25, -0.2) is 0 Å². The number of methoxy groups -OCH3 is 1. The Bertz CT molecular complexity index is 2380. The fourth-order valence-electron chi connectivity index (χ4n) is 9.29. The fraction of sp³-hybridized carbons (Fsp3) is 0.400. The molecule has 6 rings (SSSR count). The van der Waals surface area contributed by atoms with E-state index < -0.39 is 0 Å². The van der Waals surface area contributed by atoms with Gasteiger partial charge in [-0.15, -0.1) is 0 Å². The fourth-order valence-corrected chi connectivity index (χ4v) is 9.29. The maximum Gasteiger partial charge on any atom is 0.135 e. The van der Waals surface area contributed by atoms with Crippen molar-refractivity contribution in [2.45, 2.75) is 139 Å². The zero-order valence-corrected chi connectivity index (χ0v) is 41.5. The second kappa shape index (κ2) is 20.2. The summed E-state index contributed by atoms with van der Waals surface area (Å²) in [5.74, 6) is 2.70. The van der Waals surface area contributed by atoms with E-state index in [1.807, 2.05) is 6.07 Å². The average molecular weight is 859 g/mol. The molecule has 0 spiro atoms. The molecule has 0 aliphatic rings. The number of ether oxygens (including phenoxy) is 2. The Morgan fingerprint density at radius 1 is 0.422 bits per heavy atom. The molecular formula is C60H74O4. The Kier molecular flexibility index (Phi) is 15.2. The van der Waals surface area contributed by atoms with Crippen LogP contribution in [0.4, 0.5) is 0 Å².